The summed E-state index contributed by atoms with van der Waals surface area (Å²) in [5.74, 6) is 0.152. The van der Waals surface area contributed by atoms with Crippen molar-refractivity contribution in [2.45, 2.75) is 52.7 Å². The van der Waals surface area contributed by atoms with E-state index in [1.165, 1.54) is 0 Å². The predicted molar refractivity (Wildman–Crippen MR) is 105 cm³/mol. The molecule has 2 atom stereocenters. The van der Waals surface area contributed by atoms with Gasteiger partial charge in [-0.2, -0.15) is 0 Å². The molecule has 0 aromatic heterocycles. The van der Waals surface area contributed by atoms with Crippen LogP contribution in [-0.4, -0.2) is 37.0 Å². The Morgan fingerprint density at radius 2 is 1.68 bits per heavy atom. The van der Waals surface area contributed by atoms with Crippen LogP contribution in [0.25, 0.3) is 0 Å². The number of halogens is 1. The molecule has 6 heteroatoms. The number of amides is 2. The zero-order valence-electron chi connectivity index (χ0n) is 16.1. The van der Waals surface area contributed by atoms with Crippen LogP contribution in [0, 0.1) is 5.92 Å². The van der Waals surface area contributed by atoms with Gasteiger partial charge in [-0.25, -0.2) is 0 Å². The van der Waals surface area contributed by atoms with Gasteiger partial charge in [-0.3, -0.25) is 14.5 Å². The lowest BCUT2D eigenvalue weighted by molar-refractivity contribution is -0.130. The molecule has 0 aliphatic carbocycles. The van der Waals surface area contributed by atoms with E-state index in [1.54, 1.807) is 6.92 Å². The Balaban J connectivity index is 0.00000576. The van der Waals surface area contributed by atoms with Crippen LogP contribution in [0.1, 0.15) is 51.3 Å². The second-order valence-electron chi connectivity index (χ2n) is 6.80. The maximum Gasteiger partial charge on any atom is 0.248 e. The lowest BCUT2D eigenvalue weighted by atomic mass is 9.93. The normalized spacial score (nSPS) is 13.1. The molecule has 0 saturated carbocycles. The topological polar surface area (TPSA) is 61.4 Å². The molecule has 0 saturated heterocycles. The summed E-state index contributed by atoms with van der Waals surface area (Å²) in [6.07, 6.45) is 1.10. The van der Waals surface area contributed by atoms with Gasteiger partial charge >= 0.3 is 0 Å². The van der Waals surface area contributed by atoms with Gasteiger partial charge in [0.25, 0.3) is 0 Å². The van der Waals surface area contributed by atoms with Crippen molar-refractivity contribution in [1.82, 2.24) is 15.5 Å². The predicted octanol–water partition coefficient (Wildman–Crippen LogP) is 2.90. The van der Waals surface area contributed by atoms with E-state index in [0.717, 1.165) is 17.5 Å². The van der Waals surface area contributed by atoms with Gasteiger partial charge in [0.05, 0.1) is 6.17 Å². The summed E-state index contributed by atoms with van der Waals surface area (Å²) >= 11 is 0. The van der Waals surface area contributed by atoms with Crippen molar-refractivity contribution in [3.05, 3.63) is 35.4 Å². The van der Waals surface area contributed by atoms with Gasteiger partial charge in [-0.05, 0) is 44.5 Å². The minimum atomic E-state index is -0.671. The van der Waals surface area contributed by atoms with Crippen LogP contribution in [0.5, 0.6) is 0 Å². The molecule has 0 radical (unpaired) electrons. The maximum absolute atomic E-state index is 12.8. The minimum absolute atomic E-state index is 0. The summed E-state index contributed by atoms with van der Waals surface area (Å²) in [5, 5.41) is 5.83. The first kappa shape index (κ1) is 23.4. The number of nitrogens with zero attached hydrogens (tertiary/aromatic N) is 1. The average molecular weight is 370 g/mol. The molecule has 2 N–H and O–H groups in total. The Morgan fingerprint density at radius 3 is 2.20 bits per heavy atom. The fourth-order valence-corrected chi connectivity index (χ4v) is 2.41. The third kappa shape index (κ3) is 7.45. The molecule has 0 heterocycles. The van der Waals surface area contributed by atoms with Crippen molar-refractivity contribution in [3.63, 3.8) is 0 Å². The van der Waals surface area contributed by atoms with E-state index in [1.807, 2.05) is 50.2 Å². The number of benzene rings is 1. The molecule has 0 aliphatic rings. The fourth-order valence-electron chi connectivity index (χ4n) is 2.41. The van der Waals surface area contributed by atoms with Gasteiger partial charge in [0.2, 0.25) is 11.8 Å². The van der Waals surface area contributed by atoms with Gasteiger partial charge < -0.3 is 10.6 Å². The third-order valence-corrected chi connectivity index (χ3v) is 4.01. The van der Waals surface area contributed by atoms with E-state index in [-0.39, 0.29) is 30.4 Å². The zero-order chi connectivity index (χ0) is 18.3. The highest BCUT2D eigenvalue weighted by molar-refractivity contribution is 5.89. The average Bonchev–Trinajstić information content (AvgIpc) is 2.52. The van der Waals surface area contributed by atoms with Gasteiger partial charge in [0.1, 0.15) is 6.04 Å². The Morgan fingerprint density at radius 1 is 1.08 bits per heavy atom. The van der Waals surface area contributed by atoms with Crippen molar-refractivity contribution in [3.8, 4) is 0 Å². The molecular weight excluding hydrogens is 338 g/mol. The van der Waals surface area contributed by atoms with Gasteiger partial charge in [-0.1, -0.05) is 45.0 Å². The van der Waals surface area contributed by atoms with Crippen LogP contribution in [0.2, 0.25) is 0 Å². The van der Waals surface area contributed by atoms with Crippen molar-refractivity contribution < 1.29 is 9.59 Å². The highest BCUT2D eigenvalue weighted by Crippen LogP contribution is 2.22. The standard InChI is InChI=1S/C19H31N3O2.ClH/c1-7-17(23)21-18(19(24)20-14(4)22(5)6)16-11-9-8-10-15(16)12-13(2)3;/h8-11,13-14,18H,7,12H2,1-6H3,(H,20,24)(H,21,23);1H/t14-,18-;/m1./s1. The molecule has 0 unspecified atom stereocenters. The van der Waals surface area contributed by atoms with Crippen molar-refractivity contribution in [2.75, 3.05) is 14.1 Å². The molecule has 0 bridgehead atoms. The van der Waals surface area contributed by atoms with Gasteiger partial charge in [0, 0.05) is 6.42 Å². The number of nitrogens with one attached hydrogen (secondary N) is 2. The van der Waals surface area contributed by atoms with E-state index in [4.69, 9.17) is 0 Å². The number of rotatable bonds is 8. The summed E-state index contributed by atoms with van der Waals surface area (Å²) in [6, 6.07) is 7.17. The van der Waals surface area contributed by atoms with Crippen molar-refractivity contribution in [2.24, 2.45) is 5.92 Å². The second-order valence-corrected chi connectivity index (χ2v) is 6.80. The lowest BCUT2D eigenvalue weighted by Gasteiger charge is -2.26. The van der Waals surface area contributed by atoms with E-state index < -0.39 is 6.04 Å². The molecule has 0 spiro atoms. The largest absolute Gasteiger partial charge is 0.341 e. The van der Waals surface area contributed by atoms with Crippen LogP contribution in [-0.2, 0) is 16.0 Å². The SMILES string of the molecule is CCC(=O)N[C@@H](C(=O)N[C@@H](C)N(C)C)c1ccccc1CC(C)C.Cl. The first-order valence-corrected chi connectivity index (χ1v) is 8.60. The Bertz CT molecular complexity index is 561. The molecule has 5 nitrogen and oxygen atoms in total. The Hall–Kier alpha value is -1.59. The number of carbonyl (C=O) groups excluding carboxylic acids is 2. The fraction of sp³-hybridized carbons (Fsp3) is 0.579. The summed E-state index contributed by atoms with van der Waals surface area (Å²) in [4.78, 5) is 26.7. The van der Waals surface area contributed by atoms with Crippen LogP contribution in [0.4, 0.5) is 0 Å². The smallest absolute Gasteiger partial charge is 0.248 e. The Kier molecular flexibility index (Phi) is 10.4. The summed E-state index contributed by atoms with van der Waals surface area (Å²) in [7, 11) is 3.80. The van der Waals surface area contributed by atoms with Crippen LogP contribution < -0.4 is 10.6 Å². The summed E-state index contributed by atoms with van der Waals surface area (Å²) < 4.78 is 0. The minimum Gasteiger partial charge on any atom is -0.341 e. The quantitative estimate of drug-likeness (QED) is 0.692. The Labute approximate surface area is 158 Å². The summed E-state index contributed by atoms with van der Waals surface area (Å²) in [6.45, 7) is 7.98. The number of hydrogen-bond acceptors (Lipinski definition) is 3. The van der Waals surface area contributed by atoms with Gasteiger partial charge in [0.15, 0.2) is 0 Å². The molecule has 1 rings (SSSR count). The molecular formula is C19H32ClN3O2. The van der Waals surface area contributed by atoms with Crippen LogP contribution in [0.15, 0.2) is 24.3 Å². The molecule has 25 heavy (non-hydrogen) atoms. The van der Waals surface area contributed by atoms with Crippen LogP contribution >= 0.6 is 12.4 Å². The monoisotopic (exact) mass is 369 g/mol. The van der Waals surface area contributed by atoms with Gasteiger partial charge in [-0.15, -0.1) is 12.4 Å². The number of carbonyl (C=O) groups is 2. The first-order valence-electron chi connectivity index (χ1n) is 8.60. The molecule has 142 valence electrons. The highest BCUT2D eigenvalue weighted by atomic mass is 35.5. The van der Waals surface area contributed by atoms with E-state index in [2.05, 4.69) is 24.5 Å². The van der Waals surface area contributed by atoms with E-state index >= 15 is 0 Å². The highest BCUT2D eigenvalue weighted by Gasteiger charge is 2.26. The molecule has 2 amide bonds. The van der Waals surface area contributed by atoms with Crippen molar-refractivity contribution in [1.29, 1.82) is 0 Å². The third-order valence-electron chi connectivity index (χ3n) is 4.01. The van der Waals surface area contributed by atoms with Crippen LogP contribution in [0.3, 0.4) is 0 Å². The van der Waals surface area contributed by atoms with E-state index in [0.29, 0.717) is 12.3 Å². The molecule has 0 aliphatic heterocycles. The second kappa shape index (κ2) is 11.1. The maximum atomic E-state index is 12.8. The zero-order valence-corrected chi connectivity index (χ0v) is 16.9. The molecule has 1 aromatic rings. The lowest BCUT2D eigenvalue weighted by Crippen LogP contribution is -2.48. The van der Waals surface area contributed by atoms with E-state index in [9.17, 15) is 9.59 Å². The van der Waals surface area contributed by atoms with Crippen molar-refractivity contribution >= 4 is 24.2 Å². The number of hydrogen-bond donors (Lipinski definition) is 2. The molecule has 0 fully saturated rings. The summed E-state index contributed by atoms with van der Waals surface area (Å²) in [5.41, 5.74) is 1.97. The first-order chi connectivity index (χ1) is 11.3. The molecule has 1 aromatic carbocycles.